The molecule has 2 rings (SSSR count). The molecule has 0 aliphatic carbocycles. The molecule has 2 heterocycles. The van der Waals surface area contributed by atoms with E-state index in [0.29, 0.717) is 16.8 Å². The first-order chi connectivity index (χ1) is 10.6. The number of fused-ring (bicyclic) bond motifs is 1. The maximum atomic E-state index is 12.6. The second kappa shape index (κ2) is 6.17. The molecule has 0 radical (unpaired) electrons. The molecule has 0 aliphatic heterocycles. The summed E-state index contributed by atoms with van der Waals surface area (Å²) in [5.74, 6) is -0.466. The van der Waals surface area contributed by atoms with Gasteiger partial charge in [0.05, 0.1) is 23.1 Å². The minimum Gasteiger partial charge on any atom is -0.341 e. The highest BCUT2D eigenvalue weighted by atomic mass is 19.4. The van der Waals surface area contributed by atoms with Crippen LogP contribution >= 0.6 is 0 Å². The van der Waals surface area contributed by atoms with Crippen molar-refractivity contribution in [1.82, 2.24) is 15.0 Å². The number of pyridine rings is 1. The van der Waals surface area contributed by atoms with Gasteiger partial charge in [-0.1, -0.05) is 19.0 Å². The topological polar surface area (TPSA) is 59.2 Å². The first-order valence-electron chi connectivity index (χ1n) is 7.19. The minimum atomic E-state index is -4.31. The monoisotopic (exact) mass is 329 g/mol. The summed E-state index contributed by atoms with van der Waals surface area (Å²) in [6.07, 6.45) is -5.36. The van der Waals surface area contributed by atoms with Crippen LogP contribution in [0.15, 0.2) is 10.6 Å². The van der Waals surface area contributed by atoms with Crippen molar-refractivity contribution in [1.29, 1.82) is 0 Å². The highest BCUT2D eigenvalue weighted by molar-refractivity contribution is 6.05. The van der Waals surface area contributed by atoms with Crippen LogP contribution in [0.2, 0.25) is 0 Å². The molecule has 0 spiro atoms. The Morgan fingerprint density at radius 1 is 1.39 bits per heavy atom. The van der Waals surface area contributed by atoms with Crippen molar-refractivity contribution in [3.63, 3.8) is 0 Å². The molecule has 0 saturated heterocycles. The highest BCUT2D eigenvalue weighted by Gasteiger charge is 2.29. The fourth-order valence-corrected chi connectivity index (χ4v) is 2.18. The second-order valence-electron chi connectivity index (χ2n) is 5.79. The van der Waals surface area contributed by atoms with E-state index in [1.807, 2.05) is 13.8 Å². The Morgan fingerprint density at radius 2 is 2.04 bits per heavy atom. The number of aryl methyl sites for hydroxylation is 1. The zero-order chi connectivity index (χ0) is 17.4. The van der Waals surface area contributed by atoms with Gasteiger partial charge in [-0.15, -0.1) is 0 Å². The third-order valence-corrected chi connectivity index (χ3v) is 3.54. The van der Waals surface area contributed by atoms with Gasteiger partial charge in [-0.05, 0) is 18.9 Å². The maximum Gasteiger partial charge on any atom is 0.390 e. The smallest absolute Gasteiger partial charge is 0.341 e. The first kappa shape index (κ1) is 17.2. The number of hydrogen-bond donors (Lipinski definition) is 0. The largest absolute Gasteiger partial charge is 0.390 e. The van der Waals surface area contributed by atoms with E-state index in [9.17, 15) is 18.0 Å². The van der Waals surface area contributed by atoms with E-state index in [-0.39, 0.29) is 17.2 Å². The van der Waals surface area contributed by atoms with Crippen LogP contribution < -0.4 is 0 Å². The number of carbonyl (C=O) groups excluding carboxylic acids is 1. The quantitative estimate of drug-likeness (QED) is 0.858. The SMILES string of the molecule is Cc1noc2nc(C(C)C)cc(C(=O)N(C)CCC(F)(F)F)c12. The molecule has 0 atom stereocenters. The molecular formula is C15H18F3N3O2. The molecule has 0 fully saturated rings. The third-order valence-electron chi connectivity index (χ3n) is 3.54. The van der Waals surface area contributed by atoms with Gasteiger partial charge < -0.3 is 9.42 Å². The number of halogens is 3. The molecule has 1 amide bonds. The molecule has 8 heteroatoms. The number of aromatic nitrogens is 2. The first-order valence-corrected chi connectivity index (χ1v) is 7.19. The number of rotatable bonds is 4. The lowest BCUT2D eigenvalue weighted by molar-refractivity contribution is -0.136. The zero-order valence-electron chi connectivity index (χ0n) is 13.4. The van der Waals surface area contributed by atoms with Crippen LogP contribution in [0.25, 0.3) is 11.1 Å². The Bertz CT molecular complexity index is 723. The van der Waals surface area contributed by atoms with E-state index in [1.54, 1.807) is 13.0 Å². The van der Waals surface area contributed by atoms with Crippen LogP contribution in [-0.4, -0.2) is 40.7 Å². The molecule has 0 aromatic carbocycles. The average Bonchev–Trinajstić information content (AvgIpc) is 2.84. The van der Waals surface area contributed by atoms with Crippen molar-refractivity contribution < 1.29 is 22.5 Å². The van der Waals surface area contributed by atoms with Gasteiger partial charge in [0.15, 0.2) is 0 Å². The summed E-state index contributed by atoms with van der Waals surface area (Å²) in [5.41, 5.74) is 1.60. The summed E-state index contributed by atoms with van der Waals surface area (Å²) < 4.78 is 42.2. The van der Waals surface area contributed by atoms with Crippen molar-refractivity contribution in [2.24, 2.45) is 0 Å². The predicted octanol–water partition coefficient (Wildman–Crippen LogP) is 3.68. The fourth-order valence-electron chi connectivity index (χ4n) is 2.18. The number of nitrogens with zero attached hydrogens (tertiary/aromatic N) is 3. The molecule has 0 aliphatic rings. The van der Waals surface area contributed by atoms with Gasteiger partial charge >= 0.3 is 6.18 Å². The number of alkyl halides is 3. The molecule has 2 aromatic heterocycles. The van der Waals surface area contributed by atoms with Gasteiger partial charge in [-0.25, -0.2) is 4.98 Å². The minimum absolute atomic E-state index is 0.0387. The van der Waals surface area contributed by atoms with Crippen LogP contribution in [0, 0.1) is 6.92 Å². The van der Waals surface area contributed by atoms with E-state index < -0.39 is 25.0 Å². The van der Waals surface area contributed by atoms with Crippen molar-refractivity contribution in [3.05, 3.63) is 23.0 Å². The molecule has 0 unspecified atom stereocenters. The Hall–Kier alpha value is -2.12. The standard InChI is InChI=1S/C15H18F3N3O2/c1-8(2)11-7-10(12-9(3)20-23-13(12)19-11)14(22)21(4)6-5-15(16,17)18/h7-8H,5-6H2,1-4H3. The van der Waals surface area contributed by atoms with Crippen molar-refractivity contribution in [2.45, 2.75) is 39.3 Å². The lowest BCUT2D eigenvalue weighted by Gasteiger charge is -2.19. The van der Waals surface area contributed by atoms with Crippen molar-refractivity contribution in [2.75, 3.05) is 13.6 Å². The average molecular weight is 329 g/mol. The lowest BCUT2D eigenvalue weighted by Crippen LogP contribution is -2.31. The Balaban J connectivity index is 2.40. The molecule has 126 valence electrons. The third kappa shape index (κ3) is 3.80. The van der Waals surface area contributed by atoms with Gasteiger partial charge in [-0.3, -0.25) is 4.79 Å². The van der Waals surface area contributed by atoms with Crippen LogP contribution in [0.4, 0.5) is 13.2 Å². The molecule has 2 aromatic rings. The van der Waals surface area contributed by atoms with Crippen LogP contribution in [-0.2, 0) is 0 Å². The summed E-state index contributed by atoms with van der Waals surface area (Å²) in [6.45, 7) is 5.06. The Kier molecular flexibility index (Phi) is 4.63. The summed E-state index contributed by atoms with van der Waals surface area (Å²) in [7, 11) is 1.35. The van der Waals surface area contributed by atoms with Gasteiger partial charge in [0.25, 0.3) is 11.6 Å². The number of hydrogen-bond acceptors (Lipinski definition) is 4. The number of amides is 1. The molecular weight excluding hydrogens is 311 g/mol. The van der Waals surface area contributed by atoms with Gasteiger partial charge in [0.1, 0.15) is 0 Å². The van der Waals surface area contributed by atoms with Crippen molar-refractivity contribution >= 4 is 17.0 Å². The lowest BCUT2D eigenvalue weighted by atomic mass is 10.0. The second-order valence-corrected chi connectivity index (χ2v) is 5.79. The molecule has 23 heavy (non-hydrogen) atoms. The molecule has 0 bridgehead atoms. The van der Waals surface area contributed by atoms with Crippen LogP contribution in [0.1, 0.15) is 47.9 Å². The Morgan fingerprint density at radius 3 is 2.61 bits per heavy atom. The molecule has 0 saturated carbocycles. The Labute approximate surface area is 131 Å². The maximum absolute atomic E-state index is 12.6. The summed E-state index contributed by atoms with van der Waals surface area (Å²) >= 11 is 0. The summed E-state index contributed by atoms with van der Waals surface area (Å²) in [4.78, 5) is 17.9. The van der Waals surface area contributed by atoms with E-state index in [0.717, 1.165) is 4.90 Å². The summed E-state index contributed by atoms with van der Waals surface area (Å²) in [6, 6.07) is 1.60. The fraction of sp³-hybridized carbons (Fsp3) is 0.533. The van der Waals surface area contributed by atoms with E-state index in [2.05, 4.69) is 10.1 Å². The summed E-state index contributed by atoms with van der Waals surface area (Å²) in [5, 5.41) is 4.24. The number of carbonyl (C=O) groups is 1. The molecule has 0 N–H and O–H groups in total. The highest BCUT2D eigenvalue weighted by Crippen LogP contribution is 2.26. The van der Waals surface area contributed by atoms with Gasteiger partial charge in [0, 0.05) is 19.3 Å². The zero-order valence-corrected chi connectivity index (χ0v) is 13.4. The van der Waals surface area contributed by atoms with E-state index >= 15 is 0 Å². The van der Waals surface area contributed by atoms with E-state index in [1.165, 1.54) is 7.05 Å². The van der Waals surface area contributed by atoms with Crippen LogP contribution in [0.5, 0.6) is 0 Å². The molecule has 5 nitrogen and oxygen atoms in total. The van der Waals surface area contributed by atoms with Crippen molar-refractivity contribution in [3.8, 4) is 0 Å². The van der Waals surface area contributed by atoms with E-state index in [4.69, 9.17) is 4.52 Å². The van der Waals surface area contributed by atoms with Gasteiger partial charge in [-0.2, -0.15) is 13.2 Å². The van der Waals surface area contributed by atoms with Gasteiger partial charge in [0.2, 0.25) is 0 Å². The normalized spacial score (nSPS) is 12.2. The van der Waals surface area contributed by atoms with Crippen LogP contribution in [0.3, 0.4) is 0 Å². The predicted molar refractivity (Wildman–Crippen MR) is 78.3 cm³/mol.